The van der Waals surface area contributed by atoms with Gasteiger partial charge in [0.05, 0.1) is 24.5 Å². The summed E-state index contributed by atoms with van der Waals surface area (Å²) in [6.07, 6.45) is 1.36. The molecule has 1 aromatic heterocycles. The molecule has 0 radical (unpaired) electrons. The van der Waals surface area contributed by atoms with E-state index in [0.29, 0.717) is 0 Å². The van der Waals surface area contributed by atoms with Crippen molar-refractivity contribution in [1.29, 1.82) is 0 Å². The second kappa shape index (κ2) is 8.89. The first kappa shape index (κ1) is 21.0. The summed E-state index contributed by atoms with van der Waals surface area (Å²) in [5.74, 6) is -2.44. The first-order chi connectivity index (χ1) is 15.5. The van der Waals surface area contributed by atoms with Gasteiger partial charge >= 0.3 is 11.9 Å². The minimum absolute atomic E-state index is 0.0765. The second-order valence-corrected chi connectivity index (χ2v) is 7.09. The van der Waals surface area contributed by atoms with Gasteiger partial charge in [-0.3, -0.25) is 14.5 Å². The molecule has 8 heteroatoms. The molecule has 1 aliphatic rings. The third-order valence-corrected chi connectivity index (χ3v) is 5.18. The van der Waals surface area contributed by atoms with Gasteiger partial charge in [-0.2, -0.15) is 0 Å². The minimum Gasteiger partial charge on any atom is -0.465 e. The number of hydrogen-bond donors (Lipinski definition) is 0. The SMILES string of the molecule is COC(=O)c1ccoc1COC(=O)[C@H](Cc1ccccc1)N1C(=O)c2ccccc2C1=O. The van der Waals surface area contributed by atoms with E-state index in [0.717, 1.165) is 10.5 Å². The third-order valence-electron chi connectivity index (χ3n) is 5.18. The number of amides is 2. The Morgan fingerprint density at radius 3 is 2.19 bits per heavy atom. The van der Waals surface area contributed by atoms with Crippen molar-refractivity contribution >= 4 is 23.8 Å². The van der Waals surface area contributed by atoms with Crippen LogP contribution in [0.15, 0.2) is 71.3 Å². The highest BCUT2D eigenvalue weighted by atomic mass is 16.5. The van der Waals surface area contributed by atoms with Crippen molar-refractivity contribution in [3.8, 4) is 0 Å². The molecule has 4 rings (SSSR count). The van der Waals surface area contributed by atoms with Gasteiger partial charge in [-0.25, -0.2) is 9.59 Å². The molecule has 0 spiro atoms. The van der Waals surface area contributed by atoms with Crippen molar-refractivity contribution in [3.05, 3.63) is 94.9 Å². The molecule has 2 heterocycles. The molecule has 0 saturated heterocycles. The number of benzene rings is 2. The molecule has 2 aromatic carbocycles. The number of carbonyl (C=O) groups excluding carboxylic acids is 4. The monoisotopic (exact) mass is 433 g/mol. The van der Waals surface area contributed by atoms with Gasteiger partial charge in [-0.1, -0.05) is 42.5 Å². The molecule has 1 atom stereocenters. The van der Waals surface area contributed by atoms with E-state index in [9.17, 15) is 19.2 Å². The Morgan fingerprint density at radius 2 is 1.56 bits per heavy atom. The molecule has 8 nitrogen and oxygen atoms in total. The first-order valence-corrected chi connectivity index (χ1v) is 9.83. The normalized spacial score (nSPS) is 13.6. The summed E-state index contributed by atoms with van der Waals surface area (Å²) in [5.41, 5.74) is 1.35. The number of rotatable bonds is 7. The highest BCUT2D eigenvalue weighted by Crippen LogP contribution is 2.27. The van der Waals surface area contributed by atoms with Crippen LogP contribution in [-0.4, -0.2) is 41.8 Å². The van der Waals surface area contributed by atoms with Crippen LogP contribution in [0.5, 0.6) is 0 Å². The number of imide groups is 1. The Morgan fingerprint density at radius 1 is 0.938 bits per heavy atom. The molecule has 0 aliphatic carbocycles. The standard InChI is InChI=1S/C24H19NO7/c1-30-23(28)18-11-12-31-20(18)14-32-24(29)19(13-15-7-3-2-4-8-15)25-21(26)16-9-5-6-10-17(16)22(25)27/h2-12,19H,13-14H2,1H3/t19-/m0/s1. The predicted molar refractivity (Wildman–Crippen MR) is 111 cm³/mol. The number of carbonyl (C=O) groups is 4. The van der Waals surface area contributed by atoms with E-state index in [2.05, 4.69) is 4.74 Å². The smallest absolute Gasteiger partial charge is 0.341 e. The highest BCUT2D eigenvalue weighted by Gasteiger charge is 2.43. The summed E-state index contributed by atoms with van der Waals surface area (Å²) >= 11 is 0. The van der Waals surface area contributed by atoms with Crippen LogP contribution in [-0.2, 0) is 27.3 Å². The lowest BCUT2D eigenvalue weighted by molar-refractivity contribution is -0.150. The number of methoxy groups -OCH3 is 1. The molecule has 162 valence electrons. The van der Waals surface area contributed by atoms with Crippen molar-refractivity contribution in [3.63, 3.8) is 0 Å². The largest absolute Gasteiger partial charge is 0.465 e. The van der Waals surface area contributed by atoms with Crippen LogP contribution in [0.2, 0.25) is 0 Å². The Bertz CT molecular complexity index is 1150. The van der Waals surface area contributed by atoms with Crippen molar-refractivity contribution in [2.75, 3.05) is 7.11 Å². The molecular weight excluding hydrogens is 414 g/mol. The lowest BCUT2D eigenvalue weighted by atomic mass is 10.0. The van der Waals surface area contributed by atoms with Crippen LogP contribution in [0.3, 0.4) is 0 Å². The van der Waals surface area contributed by atoms with E-state index in [4.69, 9.17) is 9.15 Å². The van der Waals surface area contributed by atoms with Gasteiger partial charge in [-0.05, 0) is 23.8 Å². The molecule has 0 unspecified atom stereocenters. The molecule has 0 fully saturated rings. The Balaban J connectivity index is 1.60. The van der Waals surface area contributed by atoms with Crippen molar-refractivity contribution < 1.29 is 33.1 Å². The zero-order valence-corrected chi connectivity index (χ0v) is 17.1. The second-order valence-electron chi connectivity index (χ2n) is 7.09. The van der Waals surface area contributed by atoms with E-state index in [1.54, 1.807) is 48.5 Å². The molecule has 2 amide bonds. The number of esters is 2. The first-order valence-electron chi connectivity index (χ1n) is 9.83. The predicted octanol–water partition coefficient (Wildman–Crippen LogP) is 3.02. The highest BCUT2D eigenvalue weighted by molar-refractivity contribution is 6.22. The van der Waals surface area contributed by atoms with E-state index in [1.807, 2.05) is 6.07 Å². The lowest BCUT2D eigenvalue weighted by Gasteiger charge is -2.24. The van der Waals surface area contributed by atoms with Gasteiger partial charge in [0.2, 0.25) is 0 Å². The zero-order chi connectivity index (χ0) is 22.7. The van der Waals surface area contributed by atoms with Gasteiger partial charge in [-0.15, -0.1) is 0 Å². The van der Waals surface area contributed by atoms with Crippen LogP contribution < -0.4 is 0 Å². The summed E-state index contributed by atoms with van der Waals surface area (Å²) in [6.45, 7) is -0.356. The summed E-state index contributed by atoms with van der Waals surface area (Å²) < 4.78 is 15.3. The zero-order valence-electron chi connectivity index (χ0n) is 17.1. The molecule has 3 aromatic rings. The molecule has 0 N–H and O–H groups in total. The summed E-state index contributed by atoms with van der Waals surface area (Å²) in [7, 11) is 1.23. The van der Waals surface area contributed by atoms with Crippen LogP contribution in [0, 0.1) is 0 Å². The number of hydrogen-bond acceptors (Lipinski definition) is 7. The fourth-order valence-electron chi connectivity index (χ4n) is 3.59. The Labute approximate surface area is 183 Å². The van der Waals surface area contributed by atoms with E-state index < -0.39 is 29.8 Å². The Hall–Kier alpha value is -4.20. The van der Waals surface area contributed by atoms with Crippen LogP contribution in [0.4, 0.5) is 0 Å². The van der Waals surface area contributed by atoms with Crippen molar-refractivity contribution in [2.45, 2.75) is 19.1 Å². The van der Waals surface area contributed by atoms with Gasteiger partial charge < -0.3 is 13.9 Å². The molecule has 0 saturated carbocycles. The fraction of sp³-hybridized carbons (Fsp3) is 0.167. The maximum Gasteiger partial charge on any atom is 0.341 e. The fourth-order valence-corrected chi connectivity index (χ4v) is 3.59. The van der Waals surface area contributed by atoms with E-state index in [1.165, 1.54) is 19.4 Å². The average molecular weight is 433 g/mol. The minimum atomic E-state index is -1.19. The number of furan rings is 1. The number of fused-ring (bicyclic) bond motifs is 1. The summed E-state index contributed by atoms with van der Waals surface area (Å²) in [4.78, 5) is 51.8. The Kier molecular flexibility index (Phi) is 5.85. The van der Waals surface area contributed by atoms with E-state index in [-0.39, 0.29) is 35.5 Å². The van der Waals surface area contributed by atoms with Crippen molar-refractivity contribution in [1.82, 2.24) is 4.90 Å². The average Bonchev–Trinajstić information content (AvgIpc) is 3.39. The summed E-state index contributed by atoms with van der Waals surface area (Å²) in [6, 6.07) is 15.6. The van der Waals surface area contributed by atoms with Crippen LogP contribution in [0.1, 0.15) is 42.4 Å². The molecule has 1 aliphatic heterocycles. The van der Waals surface area contributed by atoms with Gasteiger partial charge in [0, 0.05) is 6.42 Å². The molecule has 32 heavy (non-hydrogen) atoms. The van der Waals surface area contributed by atoms with Crippen LogP contribution in [0.25, 0.3) is 0 Å². The molecular formula is C24H19NO7. The maximum atomic E-state index is 13.1. The molecule has 0 bridgehead atoms. The van der Waals surface area contributed by atoms with Crippen molar-refractivity contribution in [2.24, 2.45) is 0 Å². The number of ether oxygens (including phenoxy) is 2. The van der Waals surface area contributed by atoms with Gasteiger partial charge in [0.25, 0.3) is 11.8 Å². The van der Waals surface area contributed by atoms with Gasteiger partial charge in [0.1, 0.15) is 18.2 Å². The third kappa shape index (κ3) is 3.90. The summed E-state index contributed by atoms with van der Waals surface area (Å²) in [5, 5.41) is 0. The van der Waals surface area contributed by atoms with E-state index >= 15 is 0 Å². The number of nitrogens with zero attached hydrogens (tertiary/aromatic N) is 1. The maximum absolute atomic E-state index is 13.1. The lowest BCUT2D eigenvalue weighted by Crippen LogP contribution is -2.47. The van der Waals surface area contributed by atoms with Gasteiger partial charge in [0.15, 0.2) is 5.76 Å². The van der Waals surface area contributed by atoms with Crippen LogP contribution >= 0.6 is 0 Å². The topological polar surface area (TPSA) is 103 Å². The quantitative estimate of drug-likeness (QED) is 0.417.